The Balaban J connectivity index is 3.14. The summed E-state index contributed by atoms with van der Waals surface area (Å²) in [6, 6.07) is 3.81. The van der Waals surface area contributed by atoms with Crippen LogP contribution in [-0.2, 0) is 0 Å². The van der Waals surface area contributed by atoms with E-state index in [-0.39, 0.29) is 10.0 Å². The Hall–Kier alpha value is -0.320. The molecule has 0 saturated heterocycles. The fraction of sp³-hybridized carbons (Fsp3) is 0.143. The number of benzene rings is 1. The van der Waals surface area contributed by atoms with Crippen LogP contribution in [0.5, 0.6) is 0 Å². The molecular weight excluding hydrogens is 261 g/mol. The molecule has 0 aromatic heterocycles. The highest BCUT2D eigenvalue weighted by Crippen LogP contribution is 2.38. The van der Waals surface area contributed by atoms with E-state index in [1.54, 1.807) is 0 Å². The van der Waals surface area contributed by atoms with Crippen molar-refractivity contribution in [3.05, 3.63) is 28.2 Å². The van der Waals surface area contributed by atoms with Crippen molar-refractivity contribution in [3.63, 3.8) is 0 Å². The van der Waals surface area contributed by atoms with Crippen LogP contribution in [0.4, 0.5) is 18.9 Å². The normalized spacial score (nSPS) is 11.6. The van der Waals surface area contributed by atoms with E-state index in [0.717, 1.165) is 6.07 Å². The maximum atomic E-state index is 12.1. The monoisotopic (exact) mass is 263 g/mol. The molecule has 0 heterocycles. The van der Waals surface area contributed by atoms with Gasteiger partial charge in [0.15, 0.2) is 0 Å². The van der Waals surface area contributed by atoms with Crippen LogP contribution in [0.15, 0.2) is 18.2 Å². The number of rotatable bonds is 1. The molecule has 0 atom stereocenters. The van der Waals surface area contributed by atoms with Crippen LogP contribution in [0.25, 0.3) is 0 Å². The predicted octanol–water partition coefficient (Wildman–Crippen LogP) is 4.47. The third-order valence-corrected chi connectivity index (χ3v) is 2.55. The van der Waals surface area contributed by atoms with Gasteiger partial charge in [-0.2, -0.15) is 4.42 Å². The van der Waals surface area contributed by atoms with Gasteiger partial charge >= 0.3 is 6.30 Å². The van der Waals surface area contributed by atoms with Gasteiger partial charge in [0.05, 0.1) is 15.7 Å². The van der Waals surface area contributed by atoms with Crippen molar-refractivity contribution in [2.45, 2.75) is 6.30 Å². The molecule has 0 radical (unpaired) electrons. The quantitative estimate of drug-likeness (QED) is 0.534. The number of nitrogens with zero attached hydrogens (tertiary/aromatic N) is 1. The van der Waals surface area contributed by atoms with Gasteiger partial charge in [0.25, 0.3) is 0 Å². The summed E-state index contributed by atoms with van der Waals surface area (Å²) < 4.78 is 36.0. The molecule has 0 spiro atoms. The first kappa shape index (κ1) is 11.8. The van der Waals surface area contributed by atoms with Gasteiger partial charge in [-0.1, -0.05) is 29.3 Å². The van der Waals surface area contributed by atoms with E-state index in [1.807, 2.05) is 0 Å². The number of hydrogen-bond acceptors (Lipinski definition) is 1. The Morgan fingerprint density at radius 2 is 1.71 bits per heavy atom. The van der Waals surface area contributed by atoms with Crippen molar-refractivity contribution in [1.29, 1.82) is 0 Å². The van der Waals surface area contributed by atoms with Gasteiger partial charge in [-0.3, -0.25) is 0 Å². The van der Waals surface area contributed by atoms with Gasteiger partial charge in [-0.25, -0.2) is 0 Å². The van der Waals surface area contributed by atoms with Crippen LogP contribution in [-0.4, -0.2) is 6.30 Å². The summed E-state index contributed by atoms with van der Waals surface area (Å²) in [6.45, 7) is 0. The molecule has 7 heteroatoms. The molecule has 0 amide bonds. The lowest BCUT2D eigenvalue weighted by Gasteiger charge is -2.19. The summed E-state index contributed by atoms with van der Waals surface area (Å²) in [4.78, 5) is 0. The minimum absolute atomic E-state index is 0.0130. The average molecular weight is 264 g/mol. The second-order valence-corrected chi connectivity index (χ2v) is 3.44. The van der Waals surface area contributed by atoms with Crippen LogP contribution >= 0.6 is 35.0 Å². The summed E-state index contributed by atoms with van der Waals surface area (Å²) in [5.74, 6) is 0. The fourth-order valence-electron chi connectivity index (χ4n) is 0.781. The molecule has 0 saturated carbocycles. The molecule has 78 valence electrons. The van der Waals surface area contributed by atoms with Crippen LogP contribution in [0.1, 0.15) is 0 Å². The maximum absolute atomic E-state index is 12.1. The van der Waals surface area contributed by atoms with Crippen molar-refractivity contribution in [2.24, 2.45) is 0 Å². The molecule has 0 fully saturated rings. The largest absolute Gasteiger partial charge is 0.499 e. The van der Waals surface area contributed by atoms with Crippen molar-refractivity contribution in [2.75, 3.05) is 4.42 Å². The Morgan fingerprint density at radius 3 is 2.21 bits per heavy atom. The van der Waals surface area contributed by atoms with E-state index in [0.29, 0.717) is 0 Å². The van der Waals surface area contributed by atoms with Crippen LogP contribution in [0.2, 0.25) is 10.0 Å². The molecule has 0 aliphatic rings. The molecule has 1 aromatic rings. The minimum atomic E-state index is -4.70. The lowest BCUT2D eigenvalue weighted by molar-refractivity contribution is -0.115. The second kappa shape index (κ2) is 4.04. The molecule has 0 unspecified atom stereocenters. The zero-order valence-corrected chi connectivity index (χ0v) is 8.71. The molecule has 1 aromatic carbocycles. The average Bonchev–Trinajstić information content (AvgIpc) is 2.07. The van der Waals surface area contributed by atoms with Gasteiger partial charge in [-0.05, 0) is 12.1 Å². The van der Waals surface area contributed by atoms with E-state index in [4.69, 9.17) is 35.0 Å². The lowest BCUT2D eigenvalue weighted by Crippen LogP contribution is -2.29. The molecule has 0 aliphatic carbocycles. The number of halogens is 6. The molecule has 0 aliphatic heterocycles. The van der Waals surface area contributed by atoms with Gasteiger partial charge in [0.1, 0.15) is 0 Å². The van der Waals surface area contributed by atoms with Crippen molar-refractivity contribution >= 4 is 40.7 Å². The highest BCUT2D eigenvalue weighted by atomic mass is 35.5. The van der Waals surface area contributed by atoms with Crippen molar-refractivity contribution in [3.8, 4) is 0 Å². The molecule has 1 rings (SSSR count). The Bertz CT molecular complexity index is 339. The molecule has 0 N–H and O–H groups in total. The summed E-state index contributed by atoms with van der Waals surface area (Å²) in [5.41, 5.74) is -0.395. The van der Waals surface area contributed by atoms with Crippen LogP contribution in [0.3, 0.4) is 0 Å². The lowest BCUT2D eigenvalue weighted by atomic mass is 10.3. The Morgan fingerprint density at radius 1 is 1.14 bits per heavy atom. The van der Waals surface area contributed by atoms with Gasteiger partial charge < -0.3 is 0 Å². The van der Waals surface area contributed by atoms with Gasteiger partial charge in [0.2, 0.25) is 0 Å². The molecular formula is C7H3Cl3F3N. The fourth-order valence-corrected chi connectivity index (χ4v) is 1.34. The summed E-state index contributed by atoms with van der Waals surface area (Å²) in [5, 5.41) is -0.222. The summed E-state index contributed by atoms with van der Waals surface area (Å²) in [7, 11) is 0. The highest BCUT2D eigenvalue weighted by molar-refractivity contribution is 6.44. The third kappa shape index (κ3) is 2.38. The SMILES string of the molecule is FC(F)(F)N(Cl)c1cccc(Cl)c1Cl. The van der Waals surface area contributed by atoms with E-state index in [1.165, 1.54) is 12.1 Å². The maximum Gasteiger partial charge on any atom is 0.499 e. The summed E-state index contributed by atoms with van der Waals surface area (Å²) in [6.07, 6.45) is -4.70. The smallest absolute Gasteiger partial charge is 0.191 e. The summed E-state index contributed by atoms with van der Waals surface area (Å²) >= 11 is 16.1. The minimum Gasteiger partial charge on any atom is -0.191 e. The van der Waals surface area contributed by atoms with E-state index >= 15 is 0 Å². The van der Waals surface area contributed by atoms with E-state index in [9.17, 15) is 13.2 Å². The Labute approximate surface area is 93.1 Å². The van der Waals surface area contributed by atoms with Crippen molar-refractivity contribution < 1.29 is 13.2 Å². The number of hydrogen-bond donors (Lipinski definition) is 0. The first-order valence-electron chi connectivity index (χ1n) is 3.31. The zero-order chi connectivity index (χ0) is 10.9. The van der Waals surface area contributed by atoms with Crippen molar-refractivity contribution in [1.82, 2.24) is 0 Å². The predicted molar refractivity (Wildman–Crippen MR) is 50.8 cm³/mol. The third-order valence-electron chi connectivity index (χ3n) is 1.37. The Kier molecular flexibility index (Phi) is 3.40. The molecule has 0 bridgehead atoms. The first-order valence-corrected chi connectivity index (χ1v) is 4.40. The van der Waals surface area contributed by atoms with Gasteiger partial charge in [-0.15, -0.1) is 13.2 Å². The second-order valence-electron chi connectivity index (χ2n) is 2.32. The highest BCUT2D eigenvalue weighted by Gasteiger charge is 2.38. The molecule has 1 nitrogen and oxygen atoms in total. The van der Waals surface area contributed by atoms with Crippen LogP contribution in [0, 0.1) is 0 Å². The first-order chi connectivity index (χ1) is 6.34. The van der Waals surface area contributed by atoms with E-state index < -0.39 is 16.4 Å². The number of alkyl halides is 3. The van der Waals surface area contributed by atoms with E-state index in [2.05, 4.69) is 0 Å². The van der Waals surface area contributed by atoms with Crippen LogP contribution < -0.4 is 4.42 Å². The molecule has 14 heavy (non-hydrogen) atoms. The zero-order valence-electron chi connectivity index (χ0n) is 6.45. The standard InChI is InChI=1S/C7H3Cl3F3N/c8-4-2-1-3-5(6(4)9)14(10)7(11,12)13/h1-3H. The topological polar surface area (TPSA) is 3.24 Å². The van der Waals surface area contributed by atoms with Gasteiger partial charge in [0, 0.05) is 11.8 Å². The number of anilines is 1.